The van der Waals surface area contributed by atoms with Gasteiger partial charge < -0.3 is 15.2 Å². The lowest BCUT2D eigenvalue weighted by Gasteiger charge is -2.20. The van der Waals surface area contributed by atoms with Crippen LogP contribution in [0, 0.1) is 5.92 Å². The largest absolute Gasteiger partial charge is 0.391 e. The van der Waals surface area contributed by atoms with Crippen molar-refractivity contribution >= 4 is 0 Å². The molecule has 1 heterocycles. The number of unbranched alkanes of at least 4 members (excludes halogenated alkanes) is 1. The highest BCUT2D eigenvalue weighted by Gasteiger charge is 2.23. The summed E-state index contributed by atoms with van der Waals surface area (Å²) in [5, 5.41) is 13.3. The maximum absolute atomic E-state index is 9.88. The monoisotopic (exact) mass is 215 g/mol. The Kier molecular flexibility index (Phi) is 6.22. The van der Waals surface area contributed by atoms with Crippen molar-refractivity contribution in [2.24, 2.45) is 5.92 Å². The number of nitrogens with one attached hydrogen (secondary N) is 1. The Morgan fingerprint density at radius 1 is 1.53 bits per heavy atom. The first-order valence-corrected chi connectivity index (χ1v) is 6.23. The molecule has 1 fully saturated rings. The minimum Gasteiger partial charge on any atom is -0.391 e. The van der Waals surface area contributed by atoms with Crippen LogP contribution in [0.2, 0.25) is 0 Å². The Morgan fingerprint density at radius 2 is 2.33 bits per heavy atom. The van der Waals surface area contributed by atoms with Crippen LogP contribution >= 0.6 is 0 Å². The molecule has 0 spiro atoms. The minimum atomic E-state index is -0.239. The van der Waals surface area contributed by atoms with E-state index in [9.17, 15) is 5.11 Å². The predicted octanol–water partition coefficient (Wildman–Crippen LogP) is 1.55. The summed E-state index contributed by atoms with van der Waals surface area (Å²) in [4.78, 5) is 0. The molecule has 3 nitrogen and oxygen atoms in total. The molecule has 3 heteroatoms. The fraction of sp³-hybridized carbons (Fsp3) is 1.00. The highest BCUT2D eigenvalue weighted by molar-refractivity contribution is 4.75. The number of aliphatic hydroxyl groups excluding tert-OH is 1. The standard InChI is InChI=1S/C12H25NO2/c1-3-4-5-10(2)13-8-12(14)11-6-7-15-9-11/h10-14H,3-9H2,1-2H3. The second kappa shape index (κ2) is 7.20. The van der Waals surface area contributed by atoms with E-state index in [-0.39, 0.29) is 6.10 Å². The molecule has 1 aliphatic heterocycles. The third kappa shape index (κ3) is 4.96. The maximum Gasteiger partial charge on any atom is 0.0715 e. The van der Waals surface area contributed by atoms with Gasteiger partial charge in [0.25, 0.3) is 0 Å². The molecule has 90 valence electrons. The summed E-state index contributed by atoms with van der Waals surface area (Å²) < 4.78 is 5.26. The number of hydrogen-bond acceptors (Lipinski definition) is 3. The molecule has 0 aliphatic carbocycles. The lowest BCUT2D eigenvalue weighted by molar-refractivity contribution is 0.0885. The summed E-state index contributed by atoms with van der Waals surface area (Å²) in [6.45, 7) is 6.64. The molecule has 0 bridgehead atoms. The van der Waals surface area contributed by atoms with Gasteiger partial charge in [-0.1, -0.05) is 19.8 Å². The number of aliphatic hydroxyl groups is 1. The van der Waals surface area contributed by atoms with Crippen molar-refractivity contribution in [1.29, 1.82) is 0 Å². The van der Waals surface area contributed by atoms with Crippen molar-refractivity contribution in [3.05, 3.63) is 0 Å². The first-order chi connectivity index (χ1) is 7.24. The molecule has 3 atom stereocenters. The molecular formula is C12H25NO2. The normalized spacial score (nSPS) is 25.4. The van der Waals surface area contributed by atoms with E-state index in [0.717, 1.165) is 19.6 Å². The van der Waals surface area contributed by atoms with Crippen LogP contribution in [-0.4, -0.2) is 37.0 Å². The molecule has 0 aromatic carbocycles. The van der Waals surface area contributed by atoms with Gasteiger partial charge in [-0.15, -0.1) is 0 Å². The summed E-state index contributed by atoms with van der Waals surface area (Å²) in [7, 11) is 0. The quantitative estimate of drug-likeness (QED) is 0.677. The molecule has 0 radical (unpaired) electrons. The Hall–Kier alpha value is -0.120. The number of rotatable bonds is 7. The highest BCUT2D eigenvalue weighted by atomic mass is 16.5. The average Bonchev–Trinajstić information content (AvgIpc) is 2.76. The van der Waals surface area contributed by atoms with E-state index < -0.39 is 0 Å². The van der Waals surface area contributed by atoms with Crippen LogP contribution < -0.4 is 5.32 Å². The summed E-state index contributed by atoms with van der Waals surface area (Å²) in [6.07, 6.45) is 4.47. The number of hydrogen-bond donors (Lipinski definition) is 2. The van der Waals surface area contributed by atoms with Gasteiger partial charge in [0.1, 0.15) is 0 Å². The van der Waals surface area contributed by atoms with Gasteiger partial charge in [-0.25, -0.2) is 0 Å². The van der Waals surface area contributed by atoms with E-state index in [4.69, 9.17) is 4.74 Å². The van der Waals surface area contributed by atoms with Gasteiger partial charge in [0.2, 0.25) is 0 Å². The molecule has 0 saturated carbocycles. The molecule has 0 aromatic heterocycles. The van der Waals surface area contributed by atoms with Crippen LogP contribution in [0.25, 0.3) is 0 Å². The van der Waals surface area contributed by atoms with Crippen molar-refractivity contribution in [3.63, 3.8) is 0 Å². The van der Waals surface area contributed by atoms with Crippen LogP contribution in [0.1, 0.15) is 39.5 Å². The van der Waals surface area contributed by atoms with Gasteiger partial charge in [0, 0.05) is 25.1 Å². The zero-order valence-corrected chi connectivity index (χ0v) is 10.0. The molecule has 0 aromatic rings. The van der Waals surface area contributed by atoms with Gasteiger partial charge in [-0.3, -0.25) is 0 Å². The predicted molar refractivity (Wildman–Crippen MR) is 61.9 cm³/mol. The van der Waals surface area contributed by atoms with Crippen LogP contribution in [0.15, 0.2) is 0 Å². The molecule has 3 unspecified atom stereocenters. The Morgan fingerprint density at radius 3 is 2.93 bits per heavy atom. The summed E-state index contributed by atoms with van der Waals surface area (Å²) in [5.41, 5.74) is 0. The first-order valence-electron chi connectivity index (χ1n) is 6.23. The fourth-order valence-electron chi connectivity index (χ4n) is 1.96. The van der Waals surface area contributed by atoms with E-state index in [0.29, 0.717) is 18.5 Å². The molecule has 15 heavy (non-hydrogen) atoms. The summed E-state index contributed by atoms with van der Waals surface area (Å²) in [5.74, 6) is 0.343. The first kappa shape index (κ1) is 12.9. The molecular weight excluding hydrogens is 190 g/mol. The third-order valence-corrected chi connectivity index (χ3v) is 3.18. The molecule has 1 rings (SSSR count). The fourth-order valence-corrected chi connectivity index (χ4v) is 1.96. The van der Waals surface area contributed by atoms with Gasteiger partial charge >= 0.3 is 0 Å². The van der Waals surface area contributed by atoms with E-state index in [1.807, 2.05) is 0 Å². The summed E-state index contributed by atoms with van der Waals surface area (Å²) >= 11 is 0. The van der Waals surface area contributed by atoms with E-state index in [1.165, 1.54) is 19.3 Å². The van der Waals surface area contributed by atoms with Crippen LogP contribution in [0.3, 0.4) is 0 Å². The lowest BCUT2D eigenvalue weighted by Crippen LogP contribution is -2.37. The second-order valence-corrected chi connectivity index (χ2v) is 4.64. The van der Waals surface area contributed by atoms with Crippen molar-refractivity contribution in [2.45, 2.75) is 51.7 Å². The topological polar surface area (TPSA) is 41.5 Å². The van der Waals surface area contributed by atoms with Gasteiger partial charge in [0.05, 0.1) is 12.7 Å². The van der Waals surface area contributed by atoms with Crippen LogP contribution in [0.5, 0.6) is 0 Å². The zero-order valence-electron chi connectivity index (χ0n) is 10.0. The van der Waals surface area contributed by atoms with Gasteiger partial charge in [-0.2, -0.15) is 0 Å². The smallest absolute Gasteiger partial charge is 0.0715 e. The second-order valence-electron chi connectivity index (χ2n) is 4.64. The average molecular weight is 215 g/mol. The Balaban J connectivity index is 2.07. The zero-order chi connectivity index (χ0) is 11.1. The highest BCUT2D eigenvalue weighted by Crippen LogP contribution is 2.16. The minimum absolute atomic E-state index is 0.239. The molecule has 0 amide bonds. The van der Waals surface area contributed by atoms with Gasteiger partial charge in [0.15, 0.2) is 0 Å². The Labute approximate surface area is 93.2 Å². The molecule has 2 N–H and O–H groups in total. The molecule has 1 aliphatic rings. The van der Waals surface area contributed by atoms with Crippen molar-refractivity contribution < 1.29 is 9.84 Å². The molecule has 1 saturated heterocycles. The van der Waals surface area contributed by atoms with Crippen molar-refractivity contribution in [1.82, 2.24) is 5.32 Å². The van der Waals surface area contributed by atoms with Crippen molar-refractivity contribution in [2.75, 3.05) is 19.8 Å². The van der Waals surface area contributed by atoms with E-state index >= 15 is 0 Å². The van der Waals surface area contributed by atoms with E-state index in [2.05, 4.69) is 19.2 Å². The van der Waals surface area contributed by atoms with Crippen molar-refractivity contribution in [3.8, 4) is 0 Å². The maximum atomic E-state index is 9.88. The Bertz CT molecular complexity index is 158. The number of ether oxygens (including phenoxy) is 1. The van der Waals surface area contributed by atoms with Crippen LogP contribution in [-0.2, 0) is 4.74 Å². The lowest BCUT2D eigenvalue weighted by atomic mass is 10.0. The van der Waals surface area contributed by atoms with E-state index in [1.54, 1.807) is 0 Å². The van der Waals surface area contributed by atoms with Gasteiger partial charge in [-0.05, 0) is 19.8 Å². The SMILES string of the molecule is CCCCC(C)NCC(O)C1CCOC1. The third-order valence-electron chi connectivity index (χ3n) is 3.18. The summed E-state index contributed by atoms with van der Waals surface area (Å²) in [6, 6.07) is 0.516. The van der Waals surface area contributed by atoms with Crippen LogP contribution in [0.4, 0.5) is 0 Å².